The van der Waals surface area contributed by atoms with E-state index in [1.54, 1.807) is 5.56 Å². The van der Waals surface area contributed by atoms with Crippen LogP contribution in [0.15, 0.2) is 24.3 Å². The van der Waals surface area contributed by atoms with Gasteiger partial charge in [0.2, 0.25) is 0 Å². The molecule has 0 aromatic heterocycles. The van der Waals surface area contributed by atoms with Gasteiger partial charge in [0.05, 0.1) is 6.10 Å². The van der Waals surface area contributed by atoms with Crippen molar-refractivity contribution in [3.63, 3.8) is 0 Å². The van der Waals surface area contributed by atoms with Crippen LogP contribution in [0.1, 0.15) is 62.1 Å². The van der Waals surface area contributed by atoms with E-state index in [-0.39, 0.29) is 38.8 Å². The Labute approximate surface area is 172 Å². The van der Waals surface area contributed by atoms with Crippen LogP contribution >= 0.6 is 0 Å². The third kappa shape index (κ3) is 5.88. The normalized spacial score (nSPS) is 25.0. The molecule has 1 saturated heterocycles. The molecule has 0 spiro atoms. The molecule has 2 fully saturated rings. The van der Waals surface area contributed by atoms with Gasteiger partial charge in [-0.2, -0.15) is 0 Å². The summed E-state index contributed by atoms with van der Waals surface area (Å²) in [7, 11) is 0. The van der Waals surface area contributed by atoms with E-state index in [2.05, 4.69) is 29.6 Å². The van der Waals surface area contributed by atoms with Crippen LogP contribution in [0.25, 0.3) is 5.32 Å². The first-order valence-corrected chi connectivity index (χ1v) is 9.48. The second-order valence-electron chi connectivity index (χ2n) is 7.18. The van der Waals surface area contributed by atoms with E-state index in [4.69, 9.17) is 10.4 Å². The number of rotatable bonds is 1. The average molecular weight is 404 g/mol. The minimum atomic E-state index is -0.0266. The third-order valence-electron chi connectivity index (χ3n) is 5.49. The molecule has 1 atom stereocenters. The summed E-state index contributed by atoms with van der Waals surface area (Å²) in [5, 5.41) is 16.9. The molecule has 1 radical (unpaired) electrons. The number of hydrogen-bond acceptors (Lipinski definition) is 2. The molecule has 3 nitrogen and oxygen atoms in total. The maximum atomic E-state index is 8.87. The Morgan fingerprint density at radius 1 is 0.958 bits per heavy atom. The first-order chi connectivity index (χ1) is 11.3. The van der Waals surface area contributed by atoms with Crippen LogP contribution in [0.4, 0.5) is 0 Å². The third-order valence-corrected chi connectivity index (χ3v) is 5.49. The molecule has 1 saturated carbocycles. The van der Waals surface area contributed by atoms with Crippen molar-refractivity contribution in [2.24, 2.45) is 5.92 Å². The zero-order valence-electron chi connectivity index (χ0n) is 14.8. The van der Waals surface area contributed by atoms with Crippen molar-refractivity contribution in [1.29, 1.82) is 0 Å². The molecule has 24 heavy (non-hydrogen) atoms. The van der Waals surface area contributed by atoms with E-state index in [0.717, 1.165) is 44.8 Å². The van der Waals surface area contributed by atoms with Crippen molar-refractivity contribution in [2.75, 3.05) is 19.6 Å². The minimum Gasteiger partial charge on any atom is -0.655 e. The number of aliphatic hydroxyl groups is 1. The van der Waals surface area contributed by atoms with Crippen LogP contribution in [0, 0.1) is 5.92 Å². The molecule has 0 bridgehead atoms. The van der Waals surface area contributed by atoms with Crippen LogP contribution < -0.4 is 5.32 Å². The smallest absolute Gasteiger partial charge is 0.0564 e. The van der Waals surface area contributed by atoms with Crippen LogP contribution in [0.3, 0.4) is 0 Å². The number of hydrogen-bond donors (Lipinski definition) is 2. The summed E-state index contributed by atoms with van der Waals surface area (Å²) in [6.07, 6.45) is 10.0. The Balaban J connectivity index is 0.000000222. The van der Waals surface area contributed by atoms with E-state index in [1.165, 1.54) is 37.7 Å². The number of nitrogens with one attached hydrogen (secondary N) is 1. The van der Waals surface area contributed by atoms with Crippen molar-refractivity contribution in [3.05, 3.63) is 40.7 Å². The van der Waals surface area contributed by atoms with Crippen LogP contribution in [-0.4, -0.2) is 30.8 Å². The first kappa shape index (κ1) is 20.5. The van der Waals surface area contributed by atoms with E-state index in [0.29, 0.717) is 6.04 Å². The predicted molar refractivity (Wildman–Crippen MR) is 95.8 cm³/mol. The molecule has 1 aliphatic carbocycles. The number of fused-ring (bicyclic) bond motifs is 1. The molecule has 1 unspecified atom stereocenters. The molecule has 2 heterocycles. The molecule has 131 valence electrons. The van der Waals surface area contributed by atoms with Gasteiger partial charge in [-0.3, -0.25) is 0 Å². The van der Waals surface area contributed by atoms with Crippen molar-refractivity contribution in [3.8, 4) is 0 Å². The average Bonchev–Trinajstić information content (AvgIpc) is 2.63. The second kappa shape index (κ2) is 11.0. The SMILES string of the molecule is OC1CCNCC1.[Y].c1ccc2c(c1)CC[N-]C2C1CCCCC1. The maximum absolute atomic E-state index is 8.87. The maximum Gasteiger partial charge on any atom is 0.0564 e. The number of nitrogens with zero attached hydrogens (tertiary/aromatic N) is 1. The van der Waals surface area contributed by atoms with Gasteiger partial charge < -0.3 is 15.7 Å². The molecular formula is C20H31N2OY-. The van der Waals surface area contributed by atoms with Gasteiger partial charge in [0, 0.05) is 32.7 Å². The summed E-state index contributed by atoms with van der Waals surface area (Å²) in [4.78, 5) is 0. The van der Waals surface area contributed by atoms with Crippen molar-refractivity contribution in [2.45, 2.75) is 63.5 Å². The summed E-state index contributed by atoms with van der Waals surface area (Å²) in [5.41, 5.74) is 3.08. The fraction of sp³-hybridized carbons (Fsp3) is 0.700. The summed E-state index contributed by atoms with van der Waals surface area (Å²) >= 11 is 0. The molecule has 2 aliphatic heterocycles. The van der Waals surface area contributed by atoms with E-state index in [9.17, 15) is 0 Å². The molecule has 3 aliphatic rings. The quantitative estimate of drug-likeness (QED) is 0.744. The van der Waals surface area contributed by atoms with E-state index < -0.39 is 0 Å². The standard InChI is InChI=1S/C15H20N.C5H11NO.Y/c1-2-7-13(8-3-1)15-14-9-5-4-6-12(14)10-11-16-15;7-5-1-3-6-4-2-5;/h4-6,9,13,15H,1-3,7-8,10-11H2;5-7H,1-4H2;/q-1;;. The Hall–Kier alpha value is 0.204. The number of aliphatic hydroxyl groups excluding tert-OH is 1. The van der Waals surface area contributed by atoms with Crippen LogP contribution in [-0.2, 0) is 39.1 Å². The van der Waals surface area contributed by atoms with Crippen molar-refractivity contribution < 1.29 is 37.8 Å². The van der Waals surface area contributed by atoms with Gasteiger partial charge in [-0.1, -0.05) is 67.9 Å². The Morgan fingerprint density at radius 3 is 2.33 bits per heavy atom. The van der Waals surface area contributed by atoms with E-state index >= 15 is 0 Å². The second-order valence-corrected chi connectivity index (χ2v) is 7.18. The van der Waals surface area contributed by atoms with Gasteiger partial charge in [-0.25, -0.2) is 0 Å². The summed E-state index contributed by atoms with van der Waals surface area (Å²) < 4.78 is 0. The molecule has 4 rings (SSSR count). The van der Waals surface area contributed by atoms with Gasteiger partial charge in [0.25, 0.3) is 0 Å². The number of piperidine rings is 1. The van der Waals surface area contributed by atoms with E-state index in [1.807, 2.05) is 0 Å². The molecule has 0 amide bonds. The fourth-order valence-corrected chi connectivity index (χ4v) is 4.13. The summed E-state index contributed by atoms with van der Waals surface area (Å²) in [6, 6.07) is 9.46. The summed E-state index contributed by atoms with van der Waals surface area (Å²) in [5.74, 6) is 0.829. The largest absolute Gasteiger partial charge is 0.655 e. The minimum absolute atomic E-state index is 0. The molecular weight excluding hydrogens is 373 g/mol. The molecule has 2 N–H and O–H groups in total. The van der Waals surface area contributed by atoms with Crippen molar-refractivity contribution >= 4 is 0 Å². The van der Waals surface area contributed by atoms with Gasteiger partial charge in [0.15, 0.2) is 0 Å². The Kier molecular flexibility index (Phi) is 9.43. The monoisotopic (exact) mass is 404 g/mol. The van der Waals surface area contributed by atoms with Gasteiger partial charge in [0.1, 0.15) is 0 Å². The molecule has 4 heteroatoms. The predicted octanol–water partition coefficient (Wildman–Crippen LogP) is 3.97. The van der Waals surface area contributed by atoms with Crippen LogP contribution in [0.5, 0.6) is 0 Å². The Morgan fingerprint density at radius 2 is 1.67 bits per heavy atom. The number of benzene rings is 1. The van der Waals surface area contributed by atoms with Crippen LogP contribution in [0.2, 0.25) is 0 Å². The van der Waals surface area contributed by atoms with Gasteiger partial charge in [-0.15, -0.1) is 12.6 Å². The zero-order chi connectivity index (χ0) is 15.9. The first-order valence-electron chi connectivity index (χ1n) is 9.48. The van der Waals surface area contributed by atoms with Crippen molar-refractivity contribution in [1.82, 2.24) is 5.32 Å². The fourth-order valence-electron chi connectivity index (χ4n) is 4.13. The topological polar surface area (TPSA) is 46.4 Å². The summed E-state index contributed by atoms with van der Waals surface area (Å²) in [6.45, 7) is 3.01. The molecule has 1 aromatic rings. The zero-order valence-corrected chi connectivity index (χ0v) is 17.6. The van der Waals surface area contributed by atoms with Gasteiger partial charge in [-0.05, 0) is 37.9 Å². The van der Waals surface area contributed by atoms with Gasteiger partial charge >= 0.3 is 0 Å². The molecule has 1 aromatic carbocycles. The Bertz CT molecular complexity index is 470.